The highest BCUT2D eigenvalue weighted by Crippen LogP contribution is 2.35. The van der Waals surface area contributed by atoms with E-state index in [1.165, 1.54) is 12.1 Å². The van der Waals surface area contributed by atoms with Gasteiger partial charge in [-0.05, 0) is 29.8 Å². The van der Waals surface area contributed by atoms with Crippen molar-refractivity contribution < 1.29 is 26.7 Å². The van der Waals surface area contributed by atoms with Gasteiger partial charge >= 0.3 is 6.18 Å². The summed E-state index contributed by atoms with van der Waals surface area (Å²) in [5, 5.41) is 8.08. The predicted octanol–water partition coefficient (Wildman–Crippen LogP) is 5.09. The molecular formula is C15H7ClF5NO. The van der Waals surface area contributed by atoms with E-state index < -0.39 is 46.3 Å². The van der Waals surface area contributed by atoms with Crippen molar-refractivity contribution in [3.8, 4) is 11.8 Å². The number of nitriles is 1. The van der Waals surface area contributed by atoms with Crippen molar-refractivity contribution in [1.82, 2.24) is 0 Å². The first-order valence-corrected chi connectivity index (χ1v) is 6.48. The third-order valence-electron chi connectivity index (χ3n) is 2.90. The van der Waals surface area contributed by atoms with Gasteiger partial charge in [-0.1, -0.05) is 17.7 Å². The van der Waals surface area contributed by atoms with E-state index in [9.17, 15) is 22.0 Å². The van der Waals surface area contributed by atoms with Crippen molar-refractivity contribution in [3.63, 3.8) is 0 Å². The van der Waals surface area contributed by atoms with E-state index in [0.29, 0.717) is 0 Å². The van der Waals surface area contributed by atoms with Crippen LogP contribution in [0.4, 0.5) is 22.0 Å². The van der Waals surface area contributed by atoms with E-state index in [2.05, 4.69) is 0 Å². The number of rotatable bonds is 3. The zero-order valence-electron chi connectivity index (χ0n) is 11.2. The summed E-state index contributed by atoms with van der Waals surface area (Å²) in [6, 6.07) is 6.57. The largest absolute Gasteiger partial charge is 0.486 e. The van der Waals surface area contributed by atoms with Crippen molar-refractivity contribution in [3.05, 3.63) is 63.7 Å². The van der Waals surface area contributed by atoms with Crippen LogP contribution in [0, 0.1) is 23.0 Å². The van der Waals surface area contributed by atoms with Crippen molar-refractivity contribution in [2.75, 3.05) is 0 Å². The predicted molar refractivity (Wildman–Crippen MR) is 71.9 cm³/mol. The second-order valence-electron chi connectivity index (χ2n) is 4.45. The van der Waals surface area contributed by atoms with Gasteiger partial charge in [0.05, 0.1) is 16.1 Å². The van der Waals surface area contributed by atoms with Crippen LogP contribution < -0.4 is 4.74 Å². The molecule has 23 heavy (non-hydrogen) atoms. The number of hydrogen-bond donors (Lipinski definition) is 0. The molecule has 0 spiro atoms. The number of hydrogen-bond acceptors (Lipinski definition) is 2. The monoisotopic (exact) mass is 347 g/mol. The molecule has 0 aliphatic rings. The Kier molecular flexibility index (Phi) is 4.76. The first kappa shape index (κ1) is 17.0. The molecule has 0 aliphatic carbocycles. The summed E-state index contributed by atoms with van der Waals surface area (Å²) < 4.78 is 70.2. The van der Waals surface area contributed by atoms with Gasteiger partial charge in [-0.15, -0.1) is 0 Å². The van der Waals surface area contributed by atoms with Crippen molar-refractivity contribution in [2.24, 2.45) is 0 Å². The summed E-state index contributed by atoms with van der Waals surface area (Å²) in [6.45, 7) is -0.428. The summed E-state index contributed by atoms with van der Waals surface area (Å²) in [5.41, 5.74) is -1.47. The average Bonchev–Trinajstić information content (AvgIpc) is 2.49. The van der Waals surface area contributed by atoms with Crippen molar-refractivity contribution in [2.45, 2.75) is 12.8 Å². The van der Waals surface area contributed by atoms with Gasteiger partial charge in [0.2, 0.25) is 5.82 Å². The molecule has 0 heterocycles. The lowest BCUT2D eigenvalue weighted by atomic mass is 10.1. The number of ether oxygens (including phenoxy) is 1. The molecule has 120 valence electrons. The summed E-state index contributed by atoms with van der Waals surface area (Å²) >= 11 is 5.48. The second-order valence-corrected chi connectivity index (χ2v) is 4.86. The van der Waals surface area contributed by atoms with Gasteiger partial charge in [0.15, 0.2) is 11.6 Å². The Hall–Kier alpha value is -2.33. The summed E-state index contributed by atoms with van der Waals surface area (Å²) in [7, 11) is 0. The molecule has 0 aliphatic heterocycles. The highest BCUT2D eigenvalue weighted by molar-refractivity contribution is 6.31. The minimum atomic E-state index is -4.64. The van der Waals surface area contributed by atoms with E-state index in [0.717, 1.165) is 24.3 Å². The van der Waals surface area contributed by atoms with Crippen LogP contribution in [0.3, 0.4) is 0 Å². The fourth-order valence-electron chi connectivity index (χ4n) is 1.77. The Morgan fingerprint density at radius 1 is 1.09 bits per heavy atom. The van der Waals surface area contributed by atoms with Crippen LogP contribution in [0.2, 0.25) is 5.02 Å². The van der Waals surface area contributed by atoms with E-state index >= 15 is 0 Å². The molecule has 0 bridgehead atoms. The molecule has 2 aromatic carbocycles. The van der Waals surface area contributed by atoms with Crippen LogP contribution in [-0.4, -0.2) is 0 Å². The van der Waals surface area contributed by atoms with Crippen LogP contribution >= 0.6 is 11.6 Å². The SMILES string of the molecule is N#Cc1ccc(OCc2ccc(Cl)c(C(F)(F)F)c2)c(F)c1F. The maximum Gasteiger partial charge on any atom is 0.417 e. The van der Waals surface area contributed by atoms with Gasteiger partial charge in [-0.2, -0.15) is 22.8 Å². The highest BCUT2D eigenvalue weighted by Gasteiger charge is 2.33. The van der Waals surface area contributed by atoms with E-state index in [1.807, 2.05) is 0 Å². The molecule has 2 aromatic rings. The lowest BCUT2D eigenvalue weighted by molar-refractivity contribution is -0.137. The van der Waals surface area contributed by atoms with Crippen LogP contribution in [0.5, 0.6) is 5.75 Å². The fourth-order valence-corrected chi connectivity index (χ4v) is 1.99. The Balaban J connectivity index is 2.23. The zero-order chi connectivity index (χ0) is 17.2. The second kappa shape index (κ2) is 6.42. The van der Waals surface area contributed by atoms with Gasteiger partial charge in [0, 0.05) is 0 Å². The lowest BCUT2D eigenvalue weighted by Gasteiger charge is -2.12. The van der Waals surface area contributed by atoms with Gasteiger partial charge in [0.1, 0.15) is 12.7 Å². The standard InChI is InChI=1S/C15H7ClF5NO/c16-11-3-1-8(5-10(11)15(19,20)21)7-23-12-4-2-9(6-22)13(17)14(12)18/h1-5H,7H2. The van der Waals surface area contributed by atoms with Crippen molar-refractivity contribution in [1.29, 1.82) is 5.26 Å². The molecule has 0 unspecified atom stereocenters. The molecule has 0 amide bonds. The average molecular weight is 348 g/mol. The zero-order valence-corrected chi connectivity index (χ0v) is 12.0. The molecule has 2 nitrogen and oxygen atoms in total. The normalized spacial score (nSPS) is 11.2. The molecule has 0 atom stereocenters. The Morgan fingerprint density at radius 3 is 2.39 bits per heavy atom. The molecule has 8 heteroatoms. The lowest BCUT2D eigenvalue weighted by Crippen LogP contribution is -2.08. The molecular weight excluding hydrogens is 341 g/mol. The number of benzene rings is 2. The minimum Gasteiger partial charge on any atom is -0.486 e. The first-order valence-electron chi connectivity index (χ1n) is 6.10. The first-order chi connectivity index (χ1) is 10.7. The van der Waals surface area contributed by atoms with Crippen LogP contribution in [0.1, 0.15) is 16.7 Å². The summed E-state index contributed by atoms with van der Waals surface area (Å²) in [5.74, 6) is -3.27. The van der Waals surface area contributed by atoms with E-state index in [4.69, 9.17) is 21.6 Å². The highest BCUT2D eigenvalue weighted by atomic mass is 35.5. The molecule has 0 saturated heterocycles. The Bertz CT molecular complexity index is 783. The fraction of sp³-hybridized carbons (Fsp3) is 0.133. The van der Waals surface area contributed by atoms with E-state index in [1.54, 1.807) is 0 Å². The van der Waals surface area contributed by atoms with Gasteiger partial charge < -0.3 is 4.74 Å². The van der Waals surface area contributed by atoms with Crippen LogP contribution in [0.25, 0.3) is 0 Å². The summed E-state index contributed by atoms with van der Waals surface area (Å²) in [6.07, 6.45) is -4.64. The molecule has 0 radical (unpaired) electrons. The molecule has 0 aromatic heterocycles. The topological polar surface area (TPSA) is 33.0 Å². The molecule has 0 saturated carbocycles. The number of alkyl halides is 3. The Labute approximate surface area is 132 Å². The third-order valence-corrected chi connectivity index (χ3v) is 3.23. The molecule has 0 fully saturated rings. The molecule has 0 N–H and O–H groups in total. The quantitative estimate of drug-likeness (QED) is 0.725. The summed E-state index contributed by atoms with van der Waals surface area (Å²) in [4.78, 5) is 0. The maximum atomic E-state index is 13.6. The van der Waals surface area contributed by atoms with Crippen LogP contribution in [-0.2, 0) is 12.8 Å². The maximum absolute atomic E-state index is 13.6. The number of nitrogens with zero attached hydrogens (tertiary/aromatic N) is 1. The van der Waals surface area contributed by atoms with Gasteiger partial charge in [0.25, 0.3) is 0 Å². The molecule has 2 rings (SSSR count). The van der Waals surface area contributed by atoms with Gasteiger partial charge in [-0.25, -0.2) is 4.39 Å². The Morgan fingerprint density at radius 2 is 1.78 bits per heavy atom. The van der Waals surface area contributed by atoms with Crippen molar-refractivity contribution >= 4 is 11.6 Å². The van der Waals surface area contributed by atoms with E-state index in [-0.39, 0.29) is 5.56 Å². The smallest absolute Gasteiger partial charge is 0.417 e. The number of halogens is 6. The van der Waals surface area contributed by atoms with Crippen LogP contribution in [0.15, 0.2) is 30.3 Å². The third kappa shape index (κ3) is 3.71. The van der Waals surface area contributed by atoms with Gasteiger partial charge in [-0.3, -0.25) is 0 Å². The minimum absolute atomic E-state index is 0.0749.